The van der Waals surface area contributed by atoms with Gasteiger partial charge in [0, 0.05) is 17.1 Å². The Morgan fingerprint density at radius 2 is 2.29 bits per heavy atom. The Morgan fingerprint density at radius 3 is 2.86 bits per heavy atom. The van der Waals surface area contributed by atoms with Gasteiger partial charge in [0.2, 0.25) is 0 Å². The number of halogens is 3. The maximum atomic E-state index is 13.6. The van der Waals surface area contributed by atoms with Gasteiger partial charge in [0.1, 0.15) is 0 Å². The maximum absolute atomic E-state index is 13.6. The summed E-state index contributed by atoms with van der Waals surface area (Å²) in [4.78, 5) is 13.9. The third-order valence-electron chi connectivity index (χ3n) is 3.56. The van der Waals surface area contributed by atoms with Crippen molar-refractivity contribution in [2.24, 2.45) is 11.7 Å². The van der Waals surface area contributed by atoms with Gasteiger partial charge in [-0.1, -0.05) is 15.9 Å². The number of likely N-dealkylation sites (tertiary alicyclic amines) is 1. The van der Waals surface area contributed by atoms with Crippen molar-refractivity contribution in [1.82, 2.24) is 4.90 Å². The summed E-state index contributed by atoms with van der Waals surface area (Å²) >= 11 is 3.17. The summed E-state index contributed by atoms with van der Waals surface area (Å²) in [6.07, 6.45) is 0.912. The standard InChI is InChI=1S/C14H18BrFN2O2.ClH/c1-9-4-10(6-17)7-18(9)14(19)8-20-13-3-2-11(15)5-12(13)16;/h2-3,5,9-10H,4,6-8,17H2,1H3;1H. The molecule has 118 valence electrons. The van der Waals surface area contributed by atoms with Crippen molar-refractivity contribution in [2.45, 2.75) is 19.4 Å². The van der Waals surface area contributed by atoms with Crippen molar-refractivity contribution in [1.29, 1.82) is 0 Å². The molecule has 21 heavy (non-hydrogen) atoms. The van der Waals surface area contributed by atoms with Crippen LogP contribution in [0.1, 0.15) is 13.3 Å². The number of rotatable bonds is 4. The predicted molar refractivity (Wildman–Crippen MR) is 85.2 cm³/mol. The Morgan fingerprint density at radius 1 is 1.57 bits per heavy atom. The first-order valence-electron chi connectivity index (χ1n) is 6.58. The molecule has 2 unspecified atom stereocenters. The first-order chi connectivity index (χ1) is 9.51. The highest BCUT2D eigenvalue weighted by Crippen LogP contribution is 2.24. The molecule has 1 aromatic rings. The van der Waals surface area contributed by atoms with Crippen LogP contribution in [0.4, 0.5) is 4.39 Å². The van der Waals surface area contributed by atoms with Crippen molar-refractivity contribution in [3.8, 4) is 5.75 Å². The van der Waals surface area contributed by atoms with E-state index in [2.05, 4.69) is 15.9 Å². The summed E-state index contributed by atoms with van der Waals surface area (Å²) < 4.78 is 19.5. The van der Waals surface area contributed by atoms with Gasteiger partial charge in [-0.05, 0) is 44.0 Å². The number of carbonyl (C=O) groups is 1. The van der Waals surface area contributed by atoms with E-state index in [0.29, 0.717) is 23.5 Å². The quantitative estimate of drug-likeness (QED) is 0.872. The zero-order chi connectivity index (χ0) is 14.7. The van der Waals surface area contributed by atoms with Gasteiger partial charge in [0.15, 0.2) is 18.2 Å². The molecule has 2 atom stereocenters. The molecule has 2 N–H and O–H groups in total. The molecule has 1 aliphatic rings. The number of hydrogen-bond acceptors (Lipinski definition) is 3. The van der Waals surface area contributed by atoms with E-state index in [4.69, 9.17) is 10.5 Å². The molecule has 2 rings (SSSR count). The van der Waals surface area contributed by atoms with E-state index < -0.39 is 5.82 Å². The average Bonchev–Trinajstić information content (AvgIpc) is 2.79. The van der Waals surface area contributed by atoms with Gasteiger partial charge >= 0.3 is 0 Å². The Bertz CT molecular complexity index is 504. The minimum Gasteiger partial charge on any atom is -0.481 e. The minimum absolute atomic E-state index is 0. The first kappa shape index (κ1) is 18.2. The fourth-order valence-electron chi connectivity index (χ4n) is 2.48. The van der Waals surface area contributed by atoms with Crippen LogP contribution in [-0.2, 0) is 4.79 Å². The first-order valence-corrected chi connectivity index (χ1v) is 7.38. The van der Waals surface area contributed by atoms with E-state index in [-0.39, 0.29) is 36.7 Å². The molecule has 1 aliphatic heterocycles. The highest BCUT2D eigenvalue weighted by atomic mass is 79.9. The predicted octanol–water partition coefficient (Wildman–Crippen LogP) is 2.58. The number of benzene rings is 1. The summed E-state index contributed by atoms with van der Waals surface area (Å²) in [5.74, 6) is -0.181. The van der Waals surface area contributed by atoms with Crippen LogP contribution >= 0.6 is 28.3 Å². The third kappa shape index (κ3) is 4.56. The molecule has 0 radical (unpaired) electrons. The van der Waals surface area contributed by atoms with Crippen LogP contribution in [0, 0.1) is 11.7 Å². The van der Waals surface area contributed by atoms with Crippen LogP contribution in [0.25, 0.3) is 0 Å². The smallest absolute Gasteiger partial charge is 0.260 e. The SMILES string of the molecule is CC1CC(CN)CN1C(=O)COc1ccc(Br)cc1F.Cl. The molecule has 0 aromatic heterocycles. The molecule has 4 nitrogen and oxygen atoms in total. The number of hydrogen-bond donors (Lipinski definition) is 1. The van der Waals surface area contributed by atoms with E-state index in [1.54, 1.807) is 11.0 Å². The second-order valence-corrected chi connectivity index (χ2v) is 6.01. The average molecular weight is 382 g/mol. The molecule has 0 aliphatic carbocycles. The van der Waals surface area contributed by atoms with Gasteiger partial charge < -0.3 is 15.4 Å². The van der Waals surface area contributed by atoms with Crippen molar-refractivity contribution in [3.05, 3.63) is 28.5 Å². The van der Waals surface area contributed by atoms with Gasteiger partial charge in [-0.15, -0.1) is 12.4 Å². The molecule has 0 bridgehead atoms. The summed E-state index contributed by atoms with van der Waals surface area (Å²) in [5.41, 5.74) is 5.63. The van der Waals surface area contributed by atoms with E-state index in [0.717, 1.165) is 6.42 Å². The highest BCUT2D eigenvalue weighted by molar-refractivity contribution is 9.10. The third-order valence-corrected chi connectivity index (χ3v) is 4.05. The lowest BCUT2D eigenvalue weighted by molar-refractivity contribution is -0.134. The number of carbonyl (C=O) groups excluding carboxylic acids is 1. The summed E-state index contributed by atoms with van der Waals surface area (Å²) in [5, 5.41) is 0. The van der Waals surface area contributed by atoms with Crippen LogP contribution < -0.4 is 10.5 Å². The zero-order valence-corrected chi connectivity index (χ0v) is 14.1. The van der Waals surface area contributed by atoms with E-state index in [9.17, 15) is 9.18 Å². The number of nitrogens with two attached hydrogens (primary N) is 1. The van der Waals surface area contributed by atoms with Crippen molar-refractivity contribution in [2.75, 3.05) is 19.7 Å². The number of nitrogens with zero attached hydrogens (tertiary/aromatic N) is 1. The Hall–Kier alpha value is -0.850. The van der Waals surface area contributed by atoms with Crippen LogP contribution in [-0.4, -0.2) is 36.5 Å². The zero-order valence-electron chi connectivity index (χ0n) is 11.7. The van der Waals surface area contributed by atoms with Gasteiger partial charge in [0.05, 0.1) is 0 Å². The molecule has 0 spiro atoms. The normalized spacial score (nSPS) is 21.0. The fraction of sp³-hybridized carbons (Fsp3) is 0.500. The molecule has 1 fully saturated rings. The van der Waals surface area contributed by atoms with Crippen LogP contribution in [0.2, 0.25) is 0 Å². The fourth-order valence-corrected chi connectivity index (χ4v) is 2.81. The summed E-state index contributed by atoms with van der Waals surface area (Å²) in [7, 11) is 0. The second-order valence-electron chi connectivity index (χ2n) is 5.10. The van der Waals surface area contributed by atoms with Crippen LogP contribution in [0.3, 0.4) is 0 Å². The molecule has 7 heteroatoms. The van der Waals surface area contributed by atoms with Crippen molar-refractivity contribution >= 4 is 34.2 Å². The Labute approximate surface area is 138 Å². The van der Waals surface area contributed by atoms with E-state index in [1.165, 1.54) is 12.1 Å². The molecule has 1 saturated heterocycles. The summed E-state index contributed by atoms with van der Waals surface area (Å²) in [6.45, 7) is 3.08. The van der Waals surface area contributed by atoms with E-state index in [1.807, 2.05) is 6.92 Å². The lowest BCUT2D eigenvalue weighted by Crippen LogP contribution is -2.37. The Balaban J connectivity index is 0.00000220. The molecule has 0 saturated carbocycles. The Kier molecular flexibility index (Phi) is 6.90. The lowest BCUT2D eigenvalue weighted by Gasteiger charge is -2.21. The van der Waals surface area contributed by atoms with Gasteiger partial charge in [-0.3, -0.25) is 4.79 Å². The van der Waals surface area contributed by atoms with E-state index >= 15 is 0 Å². The van der Waals surface area contributed by atoms with Crippen LogP contribution in [0.15, 0.2) is 22.7 Å². The monoisotopic (exact) mass is 380 g/mol. The lowest BCUT2D eigenvalue weighted by atomic mass is 10.1. The molecule has 1 aromatic carbocycles. The maximum Gasteiger partial charge on any atom is 0.260 e. The topological polar surface area (TPSA) is 55.6 Å². The molecular formula is C14H19BrClFN2O2. The van der Waals surface area contributed by atoms with Crippen LogP contribution in [0.5, 0.6) is 5.75 Å². The van der Waals surface area contributed by atoms with Gasteiger partial charge in [-0.25, -0.2) is 4.39 Å². The van der Waals surface area contributed by atoms with Gasteiger partial charge in [-0.2, -0.15) is 0 Å². The molecule has 1 heterocycles. The van der Waals surface area contributed by atoms with Crippen molar-refractivity contribution < 1.29 is 13.9 Å². The second kappa shape index (κ2) is 7.96. The number of amides is 1. The largest absolute Gasteiger partial charge is 0.481 e. The number of ether oxygens (including phenoxy) is 1. The van der Waals surface area contributed by atoms with Gasteiger partial charge in [0.25, 0.3) is 5.91 Å². The molecule has 1 amide bonds. The minimum atomic E-state index is -0.485. The summed E-state index contributed by atoms with van der Waals surface area (Å²) in [6, 6.07) is 4.64. The highest BCUT2D eigenvalue weighted by Gasteiger charge is 2.31. The molecular weight excluding hydrogens is 363 g/mol. The van der Waals surface area contributed by atoms with Crippen molar-refractivity contribution in [3.63, 3.8) is 0 Å².